The molecule has 0 amide bonds. The van der Waals surface area contributed by atoms with Crippen molar-refractivity contribution in [2.75, 3.05) is 37.7 Å². The van der Waals surface area contributed by atoms with Crippen molar-refractivity contribution >= 4 is 5.69 Å². The van der Waals surface area contributed by atoms with Crippen LogP contribution in [-0.4, -0.2) is 37.9 Å². The number of likely N-dealkylation sites (N-methyl/N-ethyl adjacent to an activating group) is 1. The van der Waals surface area contributed by atoms with E-state index in [1.165, 1.54) is 0 Å². The number of aliphatic hydroxyl groups excluding tert-OH is 1. The molecule has 2 aliphatic heterocycles. The molecule has 1 saturated heterocycles. The molecule has 1 aromatic rings. The number of rotatable bonds is 3. The van der Waals surface area contributed by atoms with E-state index in [-0.39, 0.29) is 6.10 Å². The van der Waals surface area contributed by atoms with Gasteiger partial charge in [-0.3, -0.25) is 0 Å². The Balaban J connectivity index is 1.83. The highest BCUT2D eigenvalue weighted by Crippen LogP contribution is 2.36. The topological polar surface area (TPSA) is 44.7 Å². The van der Waals surface area contributed by atoms with Crippen LogP contribution in [0, 0.1) is 5.92 Å². The van der Waals surface area contributed by atoms with E-state index in [4.69, 9.17) is 4.74 Å². The molecule has 1 fully saturated rings. The molecule has 0 saturated carbocycles. The molecule has 4 nitrogen and oxygen atoms in total. The van der Waals surface area contributed by atoms with Gasteiger partial charge in [0.1, 0.15) is 12.4 Å². The standard InChI is InChI=1S/C16H24N2O2/c1-2-18-8-9-20-15-6-5-12(10-14(15)18)16(19)13-4-3-7-17-11-13/h5-6,10,13,16-17,19H,2-4,7-9,11H2,1H3. The third-order valence-electron chi connectivity index (χ3n) is 4.45. The zero-order valence-electron chi connectivity index (χ0n) is 12.1. The maximum Gasteiger partial charge on any atom is 0.142 e. The first kappa shape index (κ1) is 13.7. The van der Waals surface area contributed by atoms with Crippen LogP contribution >= 0.6 is 0 Å². The summed E-state index contributed by atoms with van der Waals surface area (Å²) in [7, 11) is 0. The number of ether oxygens (including phenoxy) is 1. The van der Waals surface area contributed by atoms with Crippen molar-refractivity contribution in [1.29, 1.82) is 0 Å². The number of fused-ring (bicyclic) bond motifs is 1. The lowest BCUT2D eigenvalue weighted by Gasteiger charge is -2.32. The minimum atomic E-state index is -0.381. The van der Waals surface area contributed by atoms with E-state index >= 15 is 0 Å². The van der Waals surface area contributed by atoms with E-state index in [0.29, 0.717) is 5.92 Å². The Hall–Kier alpha value is -1.26. The molecule has 20 heavy (non-hydrogen) atoms. The van der Waals surface area contributed by atoms with Crippen LogP contribution in [0.2, 0.25) is 0 Å². The minimum absolute atomic E-state index is 0.321. The molecule has 0 aliphatic carbocycles. The highest BCUT2D eigenvalue weighted by atomic mass is 16.5. The maximum absolute atomic E-state index is 10.6. The zero-order chi connectivity index (χ0) is 13.9. The first-order valence-corrected chi connectivity index (χ1v) is 7.70. The summed E-state index contributed by atoms with van der Waals surface area (Å²) in [6, 6.07) is 6.13. The summed E-state index contributed by atoms with van der Waals surface area (Å²) in [5.74, 6) is 1.26. The smallest absolute Gasteiger partial charge is 0.142 e. The van der Waals surface area contributed by atoms with Gasteiger partial charge in [0.15, 0.2) is 0 Å². The maximum atomic E-state index is 10.6. The summed E-state index contributed by atoms with van der Waals surface area (Å²) in [6.45, 7) is 6.78. The van der Waals surface area contributed by atoms with Crippen molar-refractivity contribution in [2.45, 2.75) is 25.9 Å². The van der Waals surface area contributed by atoms with E-state index in [0.717, 1.165) is 62.6 Å². The van der Waals surface area contributed by atoms with Gasteiger partial charge in [-0.2, -0.15) is 0 Å². The van der Waals surface area contributed by atoms with Crippen LogP contribution in [0.25, 0.3) is 0 Å². The molecule has 3 rings (SSSR count). The second-order valence-electron chi connectivity index (χ2n) is 5.71. The van der Waals surface area contributed by atoms with Crippen molar-refractivity contribution in [3.05, 3.63) is 23.8 Å². The van der Waals surface area contributed by atoms with Crippen LogP contribution in [0.1, 0.15) is 31.4 Å². The van der Waals surface area contributed by atoms with E-state index in [1.54, 1.807) is 0 Å². The Morgan fingerprint density at radius 1 is 1.50 bits per heavy atom. The van der Waals surface area contributed by atoms with Gasteiger partial charge in [0.2, 0.25) is 0 Å². The number of benzene rings is 1. The first-order chi connectivity index (χ1) is 9.79. The van der Waals surface area contributed by atoms with Crippen molar-refractivity contribution in [3.8, 4) is 5.75 Å². The number of nitrogens with one attached hydrogen (secondary N) is 1. The van der Waals surface area contributed by atoms with Crippen LogP contribution in [0.15, 0.2) is 18.2 Å². The molecule has 0 bridgehead atoms. The summed E-state index contributed by atoms with van der Waals surface area (Å²) in [4.78, 5) is 2.31. The molecule has 2 heterocycles. The number of piperidine rings is 1. The SMILES string of the molecule is CCN1CCOc2ccc(C(O)C3CCCNC3)cc21. The molecular weight excluding hydrogens is 252 g/mol. The average Bonchev–Trinajstić information content (AvgIpc) is 2.54. The van der Waals surface area contributed by atoms with E-state index in [1.807, 2.05) is 12.1 Å². The van der Waals surface area contributed by atoms with Gasteiger partial charge in [-0.25, -0.2) is 0 Å². The molecular formula is C16H24N2O2. The van der Waals surface area contributed by atoms with Crippen molar-refractivity contribution < 1.29 is 9.84 Å². The quantitative estimate of drug-likeness (QED) is 0.885. The third-order valence-corrected chi connectivity index (χ3v) is 4.45. The number of hydrogen-bond acceptors (Lipinski definition) is 4. The fourth-order valence-electron chi connectivity index (χ4n) is 3.22. The van der Waals surface area contributed by atoms with Crippen LogP contribution in [0.4, 0.5) is 5.69 Å². The molecule has 0 radical (unpaired) electrons. The lowest BCUT2D eigenvalue weighted by molar-refractivity contribution is 0.0921. The van der Waals surface area contributed by atoms with Crippen molar-refractivity contribution in [3.63, 3.8) is 0 Å². The van der Waals surface area contributed by atoms with Crippen LogP contribution in [0.3, 0.4) is 0 Å². The summed E-state index contributed by atoms with van der Waals surface area (Å²) in [6.07, 6.45) is 1.87. The monoisotopic (exact) mass is 276 g/mol. The van der Waals surface area contributed by atoms with Crippen LogP contribution in [-0.2, 0) is 0 Å². The van der Waals surface area contributed by atoms with Crippen molar-refractivity contribution in [1.82, 2.24) is 5.32 Å². The Morgan fingerprint density at radius 3 is 3.15 bits per heavy atom. The average molecular weight is 276 g/mol. The molecule has 0 spiro atoms. The number of aliphatic hydroxyl groups is 1. The van der Waals surface area contributed by atoms with Crippen LogP contribution in [0.5, 0.6) is 5.75 Å². The summed E-state index contributed by atoms with van der Waals surface area (Å²) >= 11 is 0. The van der Waals surface area contributed by atoms with Gasteiger partial charge >= 0.3 is 0 Å². The molecule has 2 atom stereocenters. The van der Waals surface area contributed by atoms with Gasteiger partial charge < -0.3 is 20.1 Å². The molecule has 110 valence electrons. The molecule has 4 heteroatoms. The predicted molar refractivity (Wildman–Crippen MR) is 80.4 cm³/mol. The van der Waals surface area contributed by atoms with Gasteiger partial charge in [0, 0.05) is 19.0 Å². The highest BCUT2D eigenvalue weighted by molar-refractivity contribution is 5.61. The molecule has 0 aromatic heterocycles. The molecule has 2 unspecified atom stereocenters. The minimum Gasteiger partial charge on any atom is -0.490 e. The molecule has 2 aliphatic rings. The van der Waals surface area contributed by atoms with Gasteiger partial charge in [-0.15, -0.1) is 0 Å². The highest BCUT2D eigenvalue weighted by Gasteiger charge is 2.25. The van der Waals surface area contributed by atoms with Gasteiger partial charge in [-0.05, 0) is 44.0 Å². The fourth-order valence-corrected chi connectivity index (χ4v) is 3.22. The van der Waals surface area contributed by atoms with E-state index in [2.05, 4.69) is 23.2 Å². The first-order valence-electron chi connectivity index (χ1n) is 7.70. The molecule has 1 aromatic carbocycles. The lowest BCUT2D eigenvalue weighted by Crippen LogP contribution is -2.34. The second kappa shape index (κ2) is 6.02. The van der Waals surface area contributed by atoms with Gasteiger partial charge in [0.05, 0.1) is 18.3 Å². The van der Waals surface area contributed by atoms with E-state index in [9.17, 15) is 5.11 Å². The summed E-state index contributed by atoms with van der Waals surface area (Å²) in [5, 5.41) is 14.0. The third kappa shape index (κ3) is 2.63. The summed E-state index contributed by atoms with van der Waals surface area (Å²) in [5.41, 5.74) is 2.14. The van der Waals surface area contributed by atoms with Gasteiger partial charge in [-0.1, -0.05) is 6.07 Å². The Kier molecular flexibility index (Phi) is 4.13. The number of nitrogens with zero attached hydrogens (tertiary/aromatic N) is 1. The normalized spacial score (nSPS) is 23.9. The predicted octanol–water partition coefficient (Wildman–Crippen LogP) is 1.94. The number of anilines is 1. The van der Waals surface area contributed by atoms with Crippen molar-refractivity contribution in [2.24, 2.45) is 5.92 Å². The zero-order valence-corrected chi connectivity index (χ0v) is 12.1. The number of hydrogen-bond donors (Lipinski definition) is 2. The van der Waals surface area contributed by atoms with Gasteiger partial charge in [0.25, 0.3) is 0 Å². The Labute approximate surface area is 120 Å². The molecule has 2 N–H and O–H groups in total. The van der Waals surface area contributed by atoms with Crippen LogP contribution < -0.4 is 15.0 Å². The largest absolute Gasteiger partial charge is 0.490 e. The Morgan fingerprint density at radius 2 is 2.40 bits per heavy atom. The second-order valence-corrected chi connectivity index (χ2v) is 5.71. The fraction of sp³-hybridized carbons (Fsp3) is 0.625. The lowest BCUT2D eigenvalue weighted by atomic mass is 9.89. The summed E-state index contributed by atoms with van der Waals surface area (Å²) < 4.78 is 5.70. The van der Waals surface area contributed by atoms with E-state index < -0.39 is 0 Å². The Bertz CT molecular complexity index is 458.